The molecule has 3 heterocycles. The highest BCUT2D eigenvalue weighted by molar-refractivity contribution is 6.60. The summed E-state index contributed by atoms with van der Waals surface area (Å²) < 4.78 is 15.9. The van der Waals surface area contributed by atoms with Gasteiger partial charge in [-0.05, 0) is 36.8 Å². The van der Waals surface area contributed by atoms with Gasteiger partial charge in [0.2, 0.25) is 5.82 Å². The summed E-state index contributed by atoms with van der Waals surface area (Å²) in [5, 5.41) is 10.7. The van der Waals surface area contributed by atoms with Gasteiger partial charge in [-0.15, -0.1) is 0 Å². The zero-order valence-corrected chi connectivity index (χ0v) is 21.0. The fourth-order valence-corrected chi connectivity index (χ4v) is 3.53. The Morgan fingerprint density at radius 1 is 1.05 bits per heavy atom. The molecule has 14 heteroatoms. The molecule has 0 aliphatic carbocycles. The highest BCUT2D eigenvalue weighted by atomic mass is 16.5. The predicted molar refractivity (Wildman–Crippen MR) is 144 cm³/mol. The number of carbonyl (C=O) groups is 1. The fraction of sp³-hybridized carbons (Fsp3) is 0.208. The van der Waals surface area contributed by atoms with Crippen LogP contribution in [0.2, 0.25) is 0 Å². The Kier molecular flexibility index (Phi) is 8.01. The zero-order valence-electron chi connectivity index (χ0n) is 21.0. The number of methoxy groups -OCH3 is 2. The second kappa shape index (κ2) is 11.4. The monoisotopic (exact) mass is 505 g/mol. The van der Waals surface area contributed by atoms with Crippen LogP contribution >= 0.6 is 0 Å². The topological polar surface area (TPSA) is 136 Å². The van der Waals surface area contributed by atoms with Crippen LogP contribution in [0.15, 0.2) is 53.3 Å². The van der Waals surface area contributed by atoms with Gasteiger partial charge in [0, 0.05) is 25.6 Å². The summed E-state index contributed by atoms with van der Waals surface area (Å²) in [6.07, 6.45) is 3.03. The third-order valence-electron chi connectivity index (χ3n) is 5.12. The van der Waals surface area contributed by atoms with Crippen molar-refractivity contribution >= 4 is 52.5 Å². The van der Waals surface area contributed by atoms with E-state index in [2.05, 4.69) is 36.1 Å². The smallest absolute Gasteiger partial charge is 0.253 e. The third kappa shape index (κ3) is 6.51. The Bertz CT molecular complexity index is 1440. The SMILES string of the molecule is [B]C([B])([B])NC(=O)c1cnc(Nc2cc(C)ccn2)cc1Nc1cccc(-c2noc(COC)n2)c1OC. The van der Waals surface area contributed by atoms with Crippen LogP contribution in [0.3, 0.4) is 0 Å². The number of aromatic nitrogens is 4. The summed E-state index contributed by atoms with van der Waals surface area (Å²) in [6.45, 7) is 2.11. The Hall–Kier alpha value is -4.32. The average molecular weight is 505 g/mol. The van der Waals surface area contributed by atoms with Gasteiger partial charge >= 0.3 is 0 Å². The number of anilines is 4. The summed E-state index contributed by atoms with van der Waals surface area (Å²) in [5.41, 5.74) is 2.53. The molecular formula is C24H22B3N7O4. The maximum absolute atomic E-state index is 13.0. The van der Waals surface area contributed by atoms with Crippen molar-refractivity contribution in [1.82, 2.24) is 25.4 Å². The van der Waals surface area contributed by atoms with E-state index < -0.39 is 11.1 Å². The summed E-state index contributed by atoms with van der Waals surface area (Å²) in [4.78, 5) is 25.9. The van der Waals surface area contributed by atoms with E-state index in [9.17, 15) is 4.79 Å². The van der Waals surface area contributed by atoms with Gasteiger partial charge in [0.15, 0.2) is 5.75 Å². The Balaban J connectivity index is 1.74. The summed E-state index contributed by atoms with van der Waals surface area (Å²) in [7, 11) is 19.8. The maximum Gasteiger partial charge on any atom is 0.253 e. The first-order chi connectivity index (χ1) is 18.2. The molecule has 0 bridgehead atoms. The first kappa shape index (κ1) is 26.7. The van der Waals surface area contributed by atoms with Crippen LogP contribution in [-0.2, 0) is 11.3 Å². The molecule has 0 aliphatic heterocycles. The average Bonchev–Trinajstić information content (AvgIpc) is 3.32. The number of hydrogen-bond acceptors (Lipinski definition) is 10. The van der Waals surface area contributed by atoms with Crippen LogP contribution < -0.4 is 20.7 Å². The van der Waals surface area contributed by atoms with Crippen molar-refractivity contribution in [1.29, 1.82) is 0 Å². The second-order valence-electron chi connectivity index (χ2n) is 8.30. The number of amides is 1. The first-order valence-electron chi connectivity index (χ1n) is 11.3. The van der Waals surface area contributed by atoms with Crippen LogP contribution in [0.25, 0.3) is 11.4 Å². The molecule has 0 unspecified atom stereocenters. The Morgan fingerprint density at radius 2 is 1.84 bits per heavy atom. The van der Waals surface area contributed by atoms with Crippen LogP contribution in [0, 0.1) is 6.92 Å². The first-order valence-corrected chi connectivity index (χ1v) is 11.3. The molecule has 0 saturated heterocycles. The molecule has 1 amide bonds. The number of nitrogens with one attached hydrogen (secondary N) is 3. The predicted octanol–water partition coefficient (Wildman–Crippen LogP) is 2.32. The summed E-state index contributed by atoms with van der Waals surface area (Å²) >= 11 is 0. The van der Waals surface area contributed by atoms with Crippen molar-refractivity contribution in [3.05, 3.63) is 65.8 Å². The normalized spacial score (nSPS) is 11.1. The molecule has 38 heavy (non-hydrogen) atoms. The van der Waals surface area contributed by atoms with Gasteiger partial charge in [0.05, 0.1) is 53.2 Å². The number of nitrogens with zero attached hydrogens (tertiary/aromatic N) is 4. The lowest BCUT2D eigenvalue weighted by molar-refractivity contribution is 0.0953. The van der Waals surface area contributed by atoms with E-state index in [-0.39, 0.29) is 12.2 Å². The van der Waals surface area contributed by atoms with Crippen LogP contribution in [0.4, 0.5) is 23.0 Å². The number of benzene rings is 1. The molecular weight excluding hydrogens is 483 g/mol. The largest absolute Gasteiger partial charge is 0.494 e. The number of carbonyl (C=O) groups excluding carboxylic acids is 1. The van der Waals surface area contributed by atoms with Gasteiger partial charge in [-0.2, -0.15) is 4.98 Å². The van der Waals surface area contributed by atoms with Crippen molar-refractivity contribution in [2.45, 2.75) is 18.8 Å². The Labute approximate surface area is 223 Å². The number of rotatable bonds is 10. The lowest BCUT2D eigenvalue weighted by atomic mass is 9.49. The van der Waals surface area contributed by atoms with Crippen molar-refractivity contribution in [3.63, 3.8) is 0 Å². The molecule has 4 rings (SSSR count). The minimum absolute atomic E-state index is 0.118. The molecule has 0 fully saturated rings. The van der Waals surface area contributed by atoms with Gasteiger partial charge < -0.3 is 29.9 Å². The van der Waals surface area contributed by atoms with E-state index in [4.69, 9.17) is 37.5 Å². The molecule has 1 aromatic carbocycles. The zero-order chi connectivity index (χ0) is 27.3. The van der Waals surface area contributed by atoms with E-state index in [0.717, 1.165) is 5.56 Å². The van der Waals surface area contributed by atoms with E-state index in [1.807, 2.05) is 19.1 Å². The number of hydrogen-bond donors (Lipinski definition) is 3. The number of para-hydroxylation sites is 1. The van der Waals surface area contributed by atoms with Crippen molar-refractivity contribution < 1.29 is 18.8 Å². The number of ether oxygens (including phenoxy) is 2. The Morgan fingerprint density at radius 3 is 2.55 bits per heavy atom. The van der Waals surface area contributed by atoms with Crippen LogP contribution in [0.1, 0.15) is 21.8 Å². The van der Waals surface area contributed by atoms with Gasteiger partial charge in [-0.25, -0.2) is 9.97 Å². The summed E-state index contributed by atoms with van der Waals surface area (Å²) in [5.74, 6) is 1.36. The molecule has 0 aliphatic rings. The molecule has 3 N–H and O–H groups in total. The molecule has 186 valence electrons. The molecule has 0 atom stereocenters. The lowest BCUT2D eigenvalue weighted by Crippen LogP contribution is -2.50. The summed E-state index contributed by atoms with van der Waals surface area (Å²) in [6, 6.07) is 10.7. The van der Waals surface area contributed by atoms with Gasteiger partial charge in [-0.3, -0.25) is 4.79 Å². The van der Waals surface area contributed by atoms with Crippen LogP contribution in [-0.4, -0.2) is 69.0 Å². The number of pyridine rings is 2. The molecule has 0 spiro atoms. The van der Waals surface area contributed by atoms with E-state index in [0.29, 0.717) is 46.0 Å². The standard InChI is InChI=1S/C24H22B3N7O4/c1-13-7-8-28-18(9-13)31-19-10-17(15(11-29-19)23(35)33-24(25,26)27)30-16-6-4-5-14(21(16)37-3)22-32-20(12-36-2)38-34-22/h4-11H,12H2,1-3H3,(H,33,35)(H2,28,29,30,31). The van der Waals surface area contributed by atoms with Crippen molar-refractivity contribution in [2.24, 2.45) is 0 Å². The van der Waals surface area contributed by atoms with E-state index in [1.165, 1.54) is 20.4 Å². The minimum Gasteiger partial charge on any atom is -0.494 e. The highest BCUT2D eigenvalue weighted by Gasteiger charge is 2.21. The third-order valence-corrected chi connectivity index (χ3v) is 5.12. The molecule has 3 aromatic heterocycles. The van der Waals surface area contributed by atoms with Gasteiger partial charge in [0.25, 0.3) is 11.8 Å². The van der Waals surface area contributed by atoms with Crippen molar-refractivity contribution in [2.75, 3.05) is 24.9 Å². The quantitative estimate of drug-likeness (QED) is 0.276. The minimum atomic E-state index is -1.94. The number of aryl methyl sites for hydroxylation is 1. The van der Waals surface area contributed by atoms with Gasteiger partial charge in [-0.1, -0.05) is 16.5 Å². The molecule has 4 aromatic rings. The van der Waals surface area contributed by atoms with Gasteiger partial charge in [0.1, 0.15) is 18.2 Å². The maximum atomic E-state index is 13.0. The van der Waals surface area contributed by atoms with E-state index >= 15 is 0 Å². The van der Waals surface area contributed by atoms with Crippen LogP contribution in [0.5, 0.6) is 5.75 Å². The lowest BCUT2D eigenvalue weighted by Gasteiger charge is -2.23. The second-order valence-corrected chi connectivity index (χ2v) is 8.30. The highest BCUT2D eigenvalue weighted by Crippen LogP contribution is 2.37. The van der Waals surface area contributed by atoms with Crippen molar-refractivity contribution in [3.8, 4) is 17.1 Å². The fourth-order valence-electron chi connectivity index (χ4n) is 3.53. The molecule has 11 nitrogen and oxygen atoms in total. The molecule has 0 saturated carbocycles. The van der Waals surface area contributed by atoms with E-state index in [1.54, 1.807) is 30.5 Å². The molecule has 6 radical (unpaired) electrons.